The van der Waals surface area contributed by atoms with E-state index in [-0.39, 0.29) is 5.56 Å². The molecule has 6 heteroatoms. The quantitative estimate of drug-likeness (QED) is 0.756. The monoisotopic (exact) mass is 277 g/mol. The Morgan fingerprint density at radius 3 is 2.90 bits per heavy atom. The zero-order valence-electron chi connectivity index (χ0n) is 11.5. The number of hydrogen-bond acceptors (Lipinski definition) is 5. The summed E-state index contributed by atoms with van der Waals surface area (Å²) in [4.78, 5) is 14.3. The third kappa shape index (κ3) is 4.08. The maximum Gasteiger partial charge on any atom is 0.292 e. The molecule has 0 amide bonds. The van der Waals surface area contributed by atoms with Crippen molar-refractivity contribution in [3.8, 4) is 11.8 Å². The molecule has 0 bridgehead atoms. The molecule has 1 aromatic rings. The number of aromatic nitrogens is 1. The van der Waals surface area contributed by atoms with E-state index in [1.54, 1.807) is 18.3 Å². The average Bonchev–Trinajstić information content (AvgIpc) is 2.49. The second-order valence-electron chi connectivity index (χ2n) is 4.58. The third-order valence-corrected chi connectivity index (χ3v) is 3.22. The lowest BCUT2D eigenvalue weighted by molar-refractivity contribution is 0.0321. The number of nitrogens with zero attached hydrogens (tertiary/aromatic N) is 3. The lowest BCUT2D eigenvalue weighted by Gasteiger charge is -2.26. The van der Waals surface area contributed by atoms with Crippen LogP contribution >= 0.6 is 0 Å². The summed E-state index contributed by atoms with van der Waals surface area (Å²) in [6, 6.07) is 5.47. The molecule has 0 saturated carbocycles. The van der Waals surface area contributed by atoms with Gasteiger partial charge in [-0.3, -0.25) is 9.69 Å². The van der Waals surface area contributed by atoms with E-state index >= 15 is 0 Å². The van der Waals surface area contributed by atoms with Crippen LogP contribution in [0.15, 0.2) is 23.1 Å². The van der Waals surface area contributed by atoms with Crippen LogP contribution in [0, 0.1) is 11.3 Å². The first-order valence-corrected chi connectivity index (χ1v) is 6.80. The van der Waals surface area contributed by atoms with Crippen LogP contribution < -0.4 is 10.3 Å². The second-order valence-corrected chi connectivity index (χ2v) is 4.58. The molecule has 0 spiro atoms. The van der Waals surface area contributed by atoms with Gasteiger partial charge in [-0.25, -0.2) is 0 Å². The number of nitriles is 1. The summed E-state index contributed by atoms with van der Waals surface area (Å²) in [5, 5.41) is 8.56. The van der Waals surface area contributed by atoms with Gasteiger partial charge in [-0.1, -0.05) is 0 Å². The van der Waals surface area contributed by atoms with Crippen molar-refractivity contribution in [1.29, 1.82) is 5.26 Å². The summed E-state index contributed by atoms with van der Waals surface area (Å²) in [6.07, 6.45) is 1.99. The van der Waals surface area contributed by atoms with Crippen molar-refractivity contribution in [2.45, 2.75) is 13.0 Å². The Bertz CT molecular complexity index is 515. The molecule has 1 saturated heterocycles. The highest BCUT2D eigenvalue weighted by Crippen LogP contribution is 2.03. The van der Waals surface area contributed by atoms with E-state index < -0.39 is 0 Å². The van der Waals surface area contributed by atoms with Crippen LogP contribution in [0.1, 0.15) is 6.42 Å². The van der Waals surface area contributed by atoms with E-state index in [0.29, 0.717) is 25.3 Å². The summed E-state index contributed by atoms with van der Waals surface area (Å²) in [5.74, 6) is 0.346. The molecule has 1 aliphatic heterocycles. The lowest BCUT2D eigenvalue weighted by Crippen LogP contribution is -2.39. The van der Waals surface area contributed by atoms with Crippen LogP contribution in [0.4, 0.5) is 0 Å². The topological polar surface area (TPSA) is 67.5 Å². The van der Waals surface area contributed by atoms with Crippen molar-refractivity contribution < 1.29 is 9.47 Å². The fraction of sp³-hybridized carbons (Fsp3) is 0.571. The van der Waals surface area contributed by atoms with Gasteiger partial charge in [0.2, 0.25) is 0 Å². The minimum Gasteiger partial charge on any atom is -0.487 e. The smallest absolute Gasteiger partial charge is 0.292 e. The van der Waals surface area contributed by atoms with Crippen molar-refractivity contribution in [3.05, 3.63) is 28.7 Å². The molecule has 0 radical (unpaired) electrons. The molecular formula is C14H19N3O3. The molecule has 0 N–H and O–H groups in total. The molecule has 1 fully saturated rings. The first-order valence-electron chi connectivity index (χ1n) is 6.80. The second kappa shape index (κ2) is 7.68. The predicted octanol–water partition coefficient (Wildman–Crippen LogP) is 0.473. The van der Waals surface area contributed by atoms with E-state index in [1.807, 2.05) is 6.07 Å². The van der Waals surface area contributed by atoms with Gasteiger partial charge < -0.3 is 14.0 Å². The van der Waals surface area contributed by atoms with Crippen molar-refractivity contribution in [2.75, 3.05) is 39.5 Å². The molecular weight excluding hydrogens is 258 g/mol. The Kier molecular flexibility index (Phi) is 5.59. The highest BCUT2D eigenvalue weighted by molar-refractivity contribution is 5.17. The Balaban J connectivity index is 1.86. The van der Waals surface area contributed by atoms with Gasteiger partial charge in [0.15, 0.2) is 5.75 Å². The van der Waals surface area contributed by atoms with Crippen LogP contribution in [0.5, 0.6) is 5.75 Å². The highest BCUT2D eigenvalue weighted by Gasteiger charge is 2.10. The summed E-state index contributed by atoms with van der Waals surface area (Å²) < 4.78 is 12.3. The molecule has 6 nitrogen and oxygen atoms in total. The van der Waals surface area contributed by atoms with Crippen LogP contribution in [0.25, 0.3) is 0 Å². The first-order chi connectivity index (χ1) is 9.81. The normalized spacial score (nSPS) is 15.8. The molecule has 1 aliphatic rings. The predicted molar refractivity (Wildman–Crippen MR) is 73.7 cm³/mol. The molecule has 2 rings (SSSR count). The van der Waals surface area contributed by atoms with Crippen molar-refractivity contribution in [3.63, 3.8) is 0 Å². The number of morpholine rings is 1. The summed E-state index contributed by atoms with van der Waals surface area (Å²) in [7, 11) is 0. The summed E-state index contributed by atoms with van der Waals surface area (Å²) in [6.45, 7) is 5.00. The van der Waals surface area contributed by atoms with Crippen LogP contribution in [0.3, 0.4) is 0 Å². The maximum atomic E-state index is 12.1. The van der Waals surface area contributed by atoms with Gasteiger partial charge >= 0.3 is 0 Å². The molecule has 108 valence electrons. The van der Waals surface area contributed by atoms with Gasteiger partial charge in [-0.15, -0.1) is 0 Å². The van der Waals surface area contributed by atoms with E-state index in [0.717, 1.165) is 32.8 Å². The van der Waals surface area contributed by atoms with Crippen LogP contribution in [0.2, 0.25) is 0 Å². The molecule has 20 heavy (non-hydrogen) atoms. The summed E-state index contributed by atoms with van der Waals surface area (Å²) >= 11 is 0. The number of pyridine rings is 1. The molecule has 0 unspecified atom stereocenters. The minimum atomic E-state index is -0.176. The molecule has 0 aliphatic carbocycles. The van der Waals surface area contributed by atoms with Crippen molar-refractivity contribution in [2.24, 2.45) is 0 Å². The van der Waals surface area contributed by atoms with Gasteiger partial charge in [-0.2, -0.15) is 5.26 Å². The largest absolute Gasteiger partial charge is 0.487 e. The zero-order chi connectivity index (χ0) is 14.2. The molecule has 0 atom stereocenters. The van der Waals surface area contributed by atoms with Crippen LogP contribution in [-0.4, -0.2) is 48.9 Å². The highest BCUT2D eigenvalue weighted by atomic mass is 16.5. The Hall–Kier alpha value is -1.84. The SMILES string of the molecule is N#CCCn1cccc(OCCN2CCOCC2)c1=O. The van der Waals surface area contributed by atoms with Gasteiger partial charge in [0.05, 0.1) is 25.7 Å². The Morgan fingerprint density at radius 2 is 2.15 bits per heavy atom. The molecule has 1 aromatic heterocycles. The van der Waals surface area contributed by atoms with E-state index in [4.69, 9.17) is 14.7 Å². The number of rotatable bonds is 6. The fourth-order valence-corrected chi connectivity index (χ4v) is 2.08. The minimum absolute atomic E-state index is 0.176. The average molecular weight is 277 g/mol. The Morgan fingerprint density at radius 1 is 1.35 bits per heavy atom. The maximum absolute atomic E-state index is 12.1. The fourth-order valence-electron chi connectivity index (χ4n) is 2.08. The molecule has 0 aromatic carbocycles. The van der Waals surface area contributed by atoms with Gasteiger partial charge in [0.25, 0.3) is 5.56 Å². The standard InChI is InChI=1S/C14H19N3O3/c15-4-2-6-17-5-1-3-13(14(17)18)20-12-9-16-7-10-19-11-8-16/h1,3,5H,2,6-12H2. The van der Waals surface area contributed by atoms with Gasteiger partial charge in [0.1, 0.15) is 6.61 Å². The van der Waals surface area contributed by atoms with Gasteiger partial charge in [0, 0.05) is 32.4 Å². The first kappa shape index (κ1) is 14.6. The van der Waals surface area contributed by atoms with E-state index in [2.05, 4.69) is 4.90 Å². The van der Waals surface area contributed by atoms with Gasteiger partial charge in [-0.05, 0) is 12.1 Å². The number of aryl methyl sites for hydroxylation is 1. The van der Waals surface area contributed by atoms with E-state index in [9.17, 15) is 4.79 Å². The summed E-state index contributed by atoms with van der Waals surface area (Å²) in [5.41, 5.74) is -0.176. The lowest BCUT2D eigenvalue weighted by atomic mass is 10.4. The zero-order valence-corrected chi connectivity index (χ0v) is 11.5. The van der Waals surface area contributed by atoms with Crippen LogP contribution in [-0.2, 0) is 11.3 Å². The van der Waals surface area contributed by atoms with E-state index in [1.165, 1.54) is 4.57 Å². The van der Waals surface area contributed by atoms with Crippen molar-refractivity contribution in [1.82, 2.24) is 9.47 Å². The Labute approximate surface area is 118 Å². The number of ether oxygens (including phenoxy) is 2. The van der Waals surface area contributed by atoms with Crippen molar-refractivity contribution >= 4 is 0 Å². The number of hydrogen-bond donors (Lipinski definition) is 0. The molecule has 2 heterocycles. The third-order valence-electron chi connectivity index (χ3n) is 3.22.